The van der Waals surface area contributed by atoms with Crippen LogP contribution in [0.4, 0.5) is 0 Å². The molecule has 1 fully saturated rings. The molecule has 0 radical (unpaired) electrons. The van der Waals surface area contributed by atoms with Crippen molar-refractivity contribution in [2.75, 3.05) is 6.61 Å². The Morgan fingerprint density at radius 3 is 2.29 bits per heavy atom. The number of hydrogen-bond acceptors (Lipinski definition) is 10. The zero-order valence-corrected chi connectivity index (χ0v) is 16.1. The maximum absolute atomic E-state index is 13.0. The monoisotopic (exact) mass is 434 g/mol. The molecular weight excluding hydrogens is 412 g/mol. The lowest BCUT2D eigenvalue weighted by atomic mass is 9.81. The molecule has 7 N–H and O–H groups in total. The van der Waals surface area contributed by atoms with Gasteiger partial charge in [0, 0.05) is 11.1 Å². The van der Waals surface area contributed by atoms with Crippen LogP contribution in [0.2, 0.25) is 0 Å². The second kappa shape index (κ2) is 8.17. The van der Waals surface area contributed by atoms with E-state index in [1.165, 1.54) is 30.3 Å². The molecule has 1 saturated heterocycles. The molecule has 6 atom stereocenters. The van der Waals surface area contributed by atoms with Crippen LogP contribution in [0, 0.1) is 0 Å². The zero-order valence-electron chi connectivity index (χ0n) is 16.1. The average Bonchev–Trinajstić information content (AvgIpc) is 2.75. The normalized spacial score (nSPS) is 30.0. The summed E-state index contributed by atoms with van der Waals surface area (Å²) in [5.74, 6) is -1.43. The molecule has 10 heteroatoms. The molecule has 166 valence electrons. The standard InChI is InChI=1S/C21H22O10/c22-6-8-4-10-15(12(25)5-8)17(27)14-9(2-1-3-11(14)24)20(10)31-21-19(29)18(28)16(26)13(7-23)30-21/h1-5,13,16,18-26,28-29H,6-7H2/t13?,16?,18?,19?,20?,21-/m0/s1. The first-order valence-electron chi connectivity index (χ1n) is 9.57. The molecule has 1 aliphatic carbocycles. The highest BCUT2D eigenvalue weighted by Crippen LogP contribution is 2.45. The second-order valence-electron chi connectivity index (χ2n) is 7.52. The summed E-state index contributed by atoms with van der Waals surface area (Å²) in [5.41, 5.74) is 0.389. The van der Waals surface area contributed by atoms with Gasteiger partial charge in [-0.1, -0.05) is 12.1 Å². The van der Waals surface area contributed by atoms with Crippen LogP contribution in [-0.2, 0) is 16.1 Å². The number of aliphatic hydroxyl groups excluding tert-OH is 5. The molecule has 0 amide bonds. The fourth-order valence-corrected chi connectivity index (χ4v) is 4.03. The lowest BCUT2D eigenvalue weighted by molar-refractivity contribution is -0.309. The van der Waals surface area contributed by atoms with Gasteiger partial charge in [-0.2, -0.15) is 0 Å². The van der Waals surface area contributed by atoms with E-state index in [9.17, 15) is 40.5 Å². The van der Waals surface area contributed by atoms with Crippen LogP contribution in [0.15, 0.2) is 30.3 Å². The van der Waals surface area contributed by atoms with Crippen LogP contribution >= 0.6 is 0 Å². The summed E-state index contributed by atoms with van der Waals surface area (Å²) in [6.45, 7) is -1.09. The molecule has 2 aromatic rings. The summed E-state index contributed by atoms with van der Waals surface area (Å²) in [7, 11) is 0. The zero-order chi connectivity index (χ0) is 22.4. The van der Waals surface area contributed by atoms with E-state index in [0.717, 1.165) is 0 Å². The van der Waals surface area contributed by atoms with Crippen LogP contribution in [0.5, 0.6) is 11.5 Å². The molecule has 4 rings (SSSR count). The van der Waals surface area contributed by atoms with Gasteiger partial charge < -0.3 is 45.2 Å². The topological polar surface area (TPSA) is 177 Å². The van der Waals surface area contributed by atoms with Crippen molar-refractivity contribution < 1.29 is 50.0 Å². The van der Waals surface area contributed by atoms with Gasteiger partial charge in [0.1, 0.15) is 42.0 Å². The van der Waals surface area contributed by atoms with Gasteiger partial charge in [0.2, 0.25) is 5.78 Å². The van der Waals surface area contributed by atoms with Gasteiger partial charge in [0.05, 0.1) is 24.3 Å². The van der Waals surface area contributed by atoms with Crippen molar-refractivity contribution in [3.8, 4) is 11.5 Å². The fourth-order valence-electron chi connectivity index (χ4n) is 4.03. The van der Waals surface area contributed by atoms with Gasteiger partial charge in [-0.25, -0.2) is 0 Å². The van der Waals surface area contributed by atoms with E-state index in [1.54, 1.807) is 0 Å². The maximum Gasteiger partial charge on any atom is 0.201 e. The van der Waals surface area contributed by atoms with E-state index in [4.69, 9.17) is 9.47 Å². The predicted molar refractivity (Wildman–Crippen MR) is 102 cm³/mol. The quantitative estimate of drug-likeness (QED) is 0.317. The molecule has 2 aromatic carbocycles. The Bertz CT molecular complexity index is 1000. The Hall–Kier alpha value is -2.57. The van der Waals surface area contributed by atoms with Crippen molar-refractivity contribution in [1.82, 2.24) is 0 Å². The number of rotatable bonds is 4. The minimum absolute atomic E-state index is 0.114. The van der Waals surface area contributed by atoms with Crippen molar-refractivity contribution in [3.63, 3.8) is 0 Å². The van der Waals surface area contributed by atoms with Gasteiger partial charge in [-0.05, 0) is 23.8 Å². The third-order valence-corrected chi connectivity index (χ3v) is 5.60. The Labute approximate surface area is 176 Å². The molecular formula is C21H22O10. The van der Waals surface area contributed by atoms with Crippen molar-refractivity contribution in [3.05, 3.63) is 58.1 Å². The highest BCUT2D eigenvalue weighted by Gasteiger charge is 2.46. The number of carbonyl (C=O) groups is 1. The summed E-state index contributed by atoms with van der Waals surface area (Å²) in [6.07, 6.45) is -8.86. The second-order valence-corrected chi connectivity index (χ2v) is 7.52. The number of carbonyl (C=O) groups excluding carboxylic acids is 1. The summed E-state index contributed by atoms with van der Waals surface area (Å²) < 4.78 is 11.3. The average molecular weight is 434 g/mol. The summed E-state index contributed by atoms with van der Waals surface area (Å²) in [4.78, 5) is 13.0. The third kappa shape index (κ3) is 3.48. The Morgan fingerprint density at radius 2 is 1.61 bits per heavy atom. The minimum atomic E-state index is -1.70. The summed E-state index contributed by atoms with van der Waals surface area (Å²) >= 11 is 0. The number of ether oxygens (including phenoxy) is 2. The lowest BCUT2D eigenvalue weighted by Crippen LogP contribution is -2.59. The molecule has 31 heavy (non-hydrogen) atoms. The molecule has 0 bridgehead atoms. The molecule has 1 aliphatic heterocycles. The van der Waals surface area contributed by atoms with Gasteiger partial charge in [0.15, 0.2) is 6.29 Å². The van der Waals surface area contributed by atoms with E-state index in [0.29, 0.717) is 0 Å². The summed E-state index contributed by atoms with van der Waals surface area (Å²) in [6, 6.07) is 6.94. The largest absolute Gasteiger partial charge is 0.507 e. The molecule has 1 heterocycles. The van der Waals surface area contributed by atoms with E-state index in [-0.39, 0.29) is 33.6 Å². The predicted octanol–water partition coefficient (Wildman–Crippen LogP) is -0.960. The third-order valence-electron chi connectivity index (χ3n) is 5.60. The SMILES string of the molecule is O=C1c2c(O)cccc2C(O[C@@H]2OC(CO)C(O)C(O)C2O)c2cc(CO)cc(O)c21. The van der Waals surface area contributed by atoms with Gasteiger partial charge >= 0.3 is 0 Å². The number of phenolic OH excluding ortho intramolecular Hbond substituents is 2. The fraction of sp³-hybridized carbons (Fsp3) is 0.381. The number of benzene rings is 2. The van der Waals surface area contributed by atoms with Gasteiger partial charge in [-0.3, -0.25) is 4.79 Å². The molecule has 0 saturated carbocycles. The van der Waals surface area contributed by atoms with Crippen molar-refractivity contribution in [1.29, 1.82) is 0 Å². The number of aliphatic hydroxyl groups is 5. The first kappa shape index (κ1) is 21.7. The van der Waals surface area contributed by atoms with E-state index < -0.39 is 61.6 Å². The first-order valence-corrected chi connectivity index (χ1v) is 9.57. The van der Waals surface area contributed by atoms with E-state index in [1.807, 2.05) is 0 Å². The minimum Gasteiger partial charge on any atom is -0.507 e. The molecule has 0 spiro atoms. The highest BCUT2D eigenvalue weighted by molar-refractivity contribution is 6.15. The van der Waals surface area contributed by atoms with Crippen molar-refractivity contribution >= 4 is 5.78 Å². The maximum atomic E-state index is 13.0. The molecule has 10 nitrogen and oxygen atoms in total. The number of ketones is 1. The smallest absolute Gasteiger partial charge is 0.201 e. The highest BCUT2D eigenvalue weighted by atomic mass is 16.7. The van der Waals surface area contributed by atoms with Crippen molar-refractivity contribution in [2.24, 2.45) is 0 Å². The van der Waals surface area contributed by atoms with Crippen LogP contribution in [0.25, 0.3) is 0 Å². The first-order chi connectivity index (χ1) is 14.8. The molecule has 2 aliphatic rings. The van der Waals surface area contributed by atoms with Crippen LogP contribution in [0.3, 0.4) is 0 Å². The van der Waals surface area contributed by atoms with E-state index >= 15 is 0 Å². The lowest BCUT2D eigenvalue weighted by Gasteiger charge is -2.41. The Kier molecular flexibility index (Phi) is 5.71. The van der Waals surface area contributed by atoms with Gasteiger partial charge in [0.25, 0.3) is 0 Å². The van der Waals surface area contributed by atoms with Crippen LogP contribution in [-0.4, -0.2) is 78.8 Å². The van der Waals surface area contributed by atoms with Gasteiger partial charge in [-0.15, -0.1) is 0 Å². The number of phenols is 2. The van der Waals surface area contributed by atoms with Crippen molar-refractivity contribution in [2.45, 2.75) is 43.4 Å². The van der Waals surface area contributed by atoms with Crippen LogP contribution in [0.1, 0.15) is 38.7 Å². The number of fused-ring (bicyclic) bond motifs is 2. The number of aromatic hydroxyl groups is 2. The number of hydrogen-bond donors (Lipinski definition) is 7. The summed E-state index contributed by atoms with van der Waals surface area (Å²) in [5, 5.41) is 70.1. The molecule has 0 aromatic heterocycles. The van der Waals surface area contributed by atoms with E-state index in [2.05, 4.69) is 0 Å². The Balaban J connectivity index is 1.83. The Morgan fingerprint density at radius 1 is 0.903 bits per heavy atom. The van der Waals surface area contributed by atoms with Crippen LogP contribution < -0.4 is 0 Å². The molecule has 5 unspecified atom stereocenters.